The van der Waals surface area contributed by atoms with Crippen LogP contribution in [0, 0.1) is 0 Å². The predicted molar refractivity (Wildman–Crippen MR) is 141 cm³/mol. The monoisotopic (exact) mass is 494 g/mol. The highest BCUT2D eigenvalue weighted by atomic mass is 16.5. The van der Waals surface area contributed by atoms with E-state index in [0.717, 1.165) is 16.9 Å². The van der Waals surface area contributed by atoms with Gasteiger partial charge in [0.2, 0.25) is 0 Å². The van der Waals surface area contributed by atoms with Crippen molar-refractivity contribution >= 4 is 28.8 Å². The molecule has 0 saturated carbocycles. The van der Waals surface area contributed by atoms with Crippen LogP contribution in [0.15, 0.2) is 84.9 Å². The molecular weight excluding hydrogens is 468 g/mol. The van der Waals surface area contributed by atoms with Crippen molar-refractivity contribution in [3.63, 3.8) is 0 Å². The van der Waals surface area contributed by atoms with Crippen LogP contribution in [0.4, 0.5) is 0 Å². The molecule has 4 aromatic rings. The molecule has 1 atom stereocenters. The average Bonchev–Trinajstić information content (AvgIpc) is 2.97. The Morgan fingerprint density at radius 3 is 2.14 bits per heavy atom. The van der Waals surface area contributed by atoms with Gasteiger partial charge in [-0.25, -0.2) is 4.79 Å². The second-order valence-electron chi connectivity index (χ2n) is 8.58. The van der Waals surface area contributed by atoms with Crippen LogP contribution in [0.3, 0.4) is 0 Å². The smallest absolute Gasteiger partial charge is 0.342 e. The van der Waals surface area contributed by atoms with E-state index in [1.54, 1.807) is 20.1 Å². The average molecular weight is 495 g/mol. The number of methoxy groups -OCH3 is 2. The molecule has 0 bridgehead atoms. The molecule has 5 rings (SSSR count). The minimum Gasteiger partial charge on any atom is -0.497 e. The molecule has 1 unspecified atom stereocenters. The number of hydrogen-bond donors (Lipinski definition) is 0. The van der Waals surface area contributed by atoms with Crippen LogP contribution in [-0.2, 0) is 15.1 Å². The number of carbonyl (C=O) groups excluding carboxylic acids is 2. The van der Waals surface area contributed by atoms with Crippen molar-refractivity contribution in [1.82, 2.24) is 0 Å². The highest BCUT2D eigenvalue weighted by molar-refractivity contribution is 6.09. The van der Waals surface area contributed by atoms with Crippen molar-refractivity contribution < 1.29 is 28.5 Å². The van der Waals surface area contributed by atoms with E-state index in [1.807, 2.05) is 84.9 Å². The van der Waals surface area contributed by atoms with E-state index in [1.165, 1.54) is 7.11 Å². The third-order valence-corrected chi connectivity index (χ3v) is 6.52. The molecular formula is C31H26O6. The number of rotatable bonds is 6. The quantitative estimate of drug-likeness (QED) is 0.231. The fourth-order valence-electron chi connectivity index (χ4n) is 4.66. The summed E-state index contributed by atoms with van der Waals surface area (Å²) in [6.45, 7) is 1.70. The topological polar surface area (TPSA) is 71.1 Å². The van der Waals surface area contributed by atoms with Gasteiger partial charge in [-0.1, -0.05) is 73.7 Å². The van der Waals surface area contributed by atoms with Crippen molar-refractivity contribution in [2.75, 3.05) is 14.2 Å². The second-order valence-corrected chi connectivity index (χ2v) is 8.58. The standard InChI is InChI=1S/C31H26O6/c1-4-26(32)36-29-24-13-9-8-12-23(24)28-25(27(29)30(33)35-3)18-19-31(37-28,20-10-6-5-7-11-20)21-14-16-22(34-2)17-15-21/h5-19H,4H2,1-3H3. The first-order valence-corrected chi connectivity index (χ1v) is 12.0. The molecule has 0 N–H and O–H groups in total. The molecule has 0 spiro atoms. The van der Waals surface area contributed by atoms with Gasteiger partial charge in [0.05, 0.1) is 14.2 Å². The summed E-state index contributed by atoms with van der Waals surface area (Å²) < 4.78 is 23.1. The summed E-state index contributed by atoms with van der Waals surface area (Å²) in [6.07, 6.45) is 3.92. The fraction of sp³-hybridized carbons (Fsp3) is 0.161. The van der Waals surface area contributed by atoms with Crippen molar-refractivity contribution in [2.24, 2.45) is 0 Å². The molecule has 0 fully saturated rings. The number of fused-ring (bicyclic) bond motifs is 3. The lowest BCUT2D eigenvalue weighted by Gasteiger charge is -2.37. The van der Waals surface area contributed by atoms with E-state index in [0.29, 0.717) is 22.1 Å². The van der Waals surface area contributed by atoms with Gasteiger partial charge in [0.1, 0.15) is 17.1 Å². The maximum absolute atomic E-state index is 13.1. The maximum atomic E-state index is 13.1. The van der Waals surface area contributed by atoms with Crippen molar-refractivity contribution in [3.8, 4) is 17.2 Å². The largest absolute Gasteiger partial charge is 0.497 e. The molecule has 4 aromatic carbocycles. The van der Waals surface area contributed by atoms with Gasteiger partial charge < -0.3 is 18.9 Å². The summed E-state index contributed by atoms with van der Waals surface area (Å²) in [5.41, 5.74) is 1.44. The first kappa shape index (κ1) is 24.1. The second kappa shape index (κ2) is 9.82. The van der Waals surface area contributed by atoms with Crippen LogP contribution in [0.25, 0.3) is 16.8 Å². The Kier molecular flexibility index (Phi) is 6.40. The lowest BCUT2D eigenvalue weighted by Crippen LogP contribution is -2.34. The van der Waals surface area contributed by atoms with Gasteiger partial charge in [-0.2, -0.15) is 0 Å². The molecule has 186 valence electrons. The Labute approximate surface area is 215 Å². The van der Waals surface area contributed by atoms with Gasteiger partial charge in [-0.05, 0) is 24.3 Å². The number of ether oxygens (including phenoxy) is 4. The van der Waals surface area contributed by atoms with E-state index < -0.39 is 17.5 Å². The van der Waals surface area contributed by atoms with E-state index in [9.17, 15) is 9.59 Å². The highest BCUT2D eigenvalue weighted by Gasteiger charge is 2.40. The zero-order chi connectivity index (χ0) is 26.0. The summed E-state index contributed by atoms with van der Waals surface area (Å²) >= 11 is 0. The van der Waals surface area contributed by atoms with E-state index in [2.05, 4.69) is 0 Å². The van der Waals surface area contributed by atoms with Gasteiger partial charge in [-0.3, -0.25) is 4.79 Å². The summed E-state index contributed by atoms with van der Waals surface area (Å²) in [6, 6.07) is 25.0. The molecule has 6 nitrogen and oxygen atoms in total. The van der Waals surface area contributed by atoms with E-state index in [4.69, 9.17) is 18.9 Å². The third kappa shape index (κ3) is 4.10. The van der Waals surface area contributed by atoms with Crippen LogP contribution < -0.4 is 14.2 Å². The molecule has 0 amide bonds. The fourth-order valence-corrected chi connectivity index (χ4v) is 4.66. The van der Waals surface area contributed by atoms with Gasteiger partial charge in [-0.15, -0.1) is 0 Å². The Hall–Kier alpha value is -4.58. The van der Waals surface area contributed by atoms with E-state index >= 15 is 0 Å². The SMILES string of the molecule is CCC(=O)Oc1c(C(=O)OC)c2c(c3ccccc13)OC(c1ccccc1)(c1ccc(OC)cc1)C=C2. The number of esters is 2. The molecule has 0 saturated heterocycles. The zero-order valence-electron chi connectivity index (χ0n) is 20.8. The van der Waals surface area contributed by atoms with Crippen LogP contribution in [-0.4, -0.2) is 26.2 Å². The third-order valence-electron chi connectivity index (χ3n) is 6.52. The Balaban J connectivity index is 1.81. The zero-order valence-corrected chi connectivity index (χ0v) is 20.8. The molecule has 1 heterocycles. The normalized spacial score (nSPS) is 16.0. The highest BCUT2D eigenvalue weighted by Crippen LogP contribution is 2.49. The molecule has 1 aliphatic heterocycles. The van der Waals surface area contributed by atoms with Gasteiger partial charge >= 0.3 is 11.9 Å². The molecule has 0 aromatic heterocycles. The summed E-state index contributed by atoms with van der Waals surface area (Å²) in [5.74, 6) is 0.319. The molecule has 0 radical (unpaired) electrons. The van der Waals surface area contributed by atoms with Gasteiger partial charge in [0.25, 0.3) is 0 Å². The first-order valence-electron chi connectivity index (χ1n) is 12.0. The molecule has 37 heavy (non-hydrogen) atoms. The molecule has 0 aliphatic carbocycles. The van der Waals surface area contributed by atoms with Gasteiger partial charge in [0, 0.05) is 33.9 Å². The first-order chi connectivity index (χ1) is 18.0. The number of carbonyl (C=O) groups is 2. The minimum absolute atomic E-state index is 0.144. The Bertz CT molecular complexity index is 1500. The Morgan fingerprint density at radius 2 is 1.49 bits per heavy atom. The lowest BCUT2D eigenvalue weighted by atomic mass is 9.82. The van der Waals surface area contributed by atoms with Crippen LogP contribution in [0.5, 0.6) is 17.2 Å². The van der Waals surface area contributed by atoms with Gasteiger partial charge in [0.15, 0.2) is 11.4 Å². The van der Waals surface area contributed by atoms with Crippen molar-refractivity contribution in [2.45, 2.75) is 18.9 Å². The van der Waals surface area contributed by atoms with Crippen LogP contribution in [0.1, 0.15) is 40.4 Å². The number of benzene rings is 4. The predicted octanol–water partition coefficient (Wildman–Crippen LogP) is 6.30. The summed E-state index contributed by atoms with van der Waals surface area (Å²) in [7, 11) is 2.92. The molecule has 6 heteroatoms. The lowest BCUT2D eigenvalue weighted by molar-refractivity contribution is -0.133. The maximum Gasteiger partial charge on any atom is 0.342 e. The van der Waals surface area contributed by atoms with E-state index in [-0.39, 0.29) is 17.7 Å². The summed E-state index contributed by atoms with van der Waals surface area (Å²) in [4.78, 5) is 25.4. The van der Waals surface area contributed by atoms with Crippen molar-refractivity contribution in [3.05, 3.63) is 107 Å². The van der Waals surface area contributed by atoms with Crippen LogP contribution in [0.2, 0.25) is 0 Å². The molecule has 1 aliphatic rings. The Morgan fingerprint density at radius 1 is 0.838 bits per heavy atom. The van der Waals surface area contributed by atoms with Crippen LogP contribution >= 0.6 is 0 Å². The summed E-state index contributed by atoms with van der Waals surface area (Å²) in [5, 5.41) is 1.29. The number of hydrogen-bond acceptors (Lipinski definition) is 6. The minimum atomic E-state index is -0.988. The van der Waals surface area contributed by atoms with Crippen molar-refractivity contribution in [1.29, 1.82) is 0 Å².